The molecule has 4 rings (SSSR count). The molecule has 0 aromatic heterocycles. The molecule has 3 aliphatic rings. The molecular weight excluding hydrogens is 310 g/mol. The van der Waals surface area contributed by atoms with Crippen LogP contribution in [0.3, 0.4) is 0 Å². The standard InChI is InChI=1S/C14H16FN2O4P/c15-11-3-4-12-9(7-11)6-10-2-1-5-17-13(8-22(18,19)20)16-21-14(10,12)17/h3-4,7,10H,1-2,5-6,8H2,(H2,18,19,20)/t10-,14?/m0/s1. The van der Waals surface area contributed by atoms with Gasteiger partial charge in [0.05, 0.1) is 0 Å². The molecule has 1 spiro atoms. The number of hydrogen-bond donors (Lipinski definition) is 2. The van der Waals surface area contributed by atoms with E-state index >= 15 is 0 Å². The van der Waals surface area contributed by atoms with Crippen molar-refractivity contribution in [3.63, 3.8) is 0 Å². The van der Waals surface area contributed by atoms with Gasteiger partial charge in [-0.2, -0.15) is 0 Å². The van der Waals surface area contributed by atoms with Gasteiger partial charge >= 0.3 is 7.60 Å². The van der Waals surface area contributed by atoms with Crippen molar-refractivity contribution < 1.29 is 23.6 Å². The second-order valence-electron chi connectivity index (χ2n) is 6.11. The van der Waals surface area contributed by atoms with Gasteiger partial charge in [0.25, 0.3) is 0 Å². The van der Waals surface area contributed by atoms with E-state index in [0.717, 1.165) is 24.0 Å². The number of hydrogen-bond acceptors (Lipinski definition) is 4. The number of halogens is 1. The summed E-state index contributed by atoms with van der Waals surface area (Å²) in [7, 11) is -4.22. The molecule has 2 heterocycles. The predicted octanol–water partition coefficient (Wildman–Crippen LogP) is 1.77. The van der Waals surface area contributed by atoms with E-state index in [4.69, 9.17) is 4.84 Å². The highest BCUT2D eigenvalue weighted by atomic mass is 31.2. The lowest BCUT2D eigenvalue weighted by Gasteiger charge is -2.43. The molecular formula is C14H16FN2O4P. The van der Waals surface area contributed by atoms with Crippen LogP contribution >= 0.6 is 7.60 Å². The number of benzene rings is 1. The molecule has 6 nitrogen and oxygen atoms in total. The lowest BCUT2D eigenvalue weighted by Crippen LogP contribution is -2.53. The number of nitrogens with zero attached hydrogens (tertiary/aromatic N) is 2. The molecule has 0 radical (unpaired) electrons. The predicted molar refractivity (Wildman–Crippen MR) is 76.6 cm³/mol. The number of piperidine rings is 1. The van der Waals surface area contributed by atoms with Crippen molar-refractivity contribution in [2.45, 2.75) is 25.0 Å². The summed E-state index contributed by atoms with van der Waals surface area (Å²) in [6.07, 6.45) is 2.08. The molecule has 2 aliphatic heterocycles. The van der Waals surface area contributed by atoms with Crippen LogP contribution in [0.1, 0.15) is 24.0 Å². The van der Waals surface area contributed by atoms with Gasteiger partial charge in [0.15, 0.2) is 5.84 Å². The fourth-order valence-electron chi connectivity index (χ4n) is 3.99. The summed E-state index contributed by atoms with van der Waals surface area (Å²) in [4.78, 5) is 26.1. The molecule has 2 N–H and O–H groups in total. The molecule has 22 heavy (non-hydrogen) atoms. The Morgan fingerprint density at radius 2 is 2.32 bits per heavy atom. The molecule has 118 valence electrons. The van der Waals surface area contributed by atoms with Crippen LogP contribution in [0.2, 0.25) is 0 Å². The lowest BCUT2D eigenvalue weighted by molar-refractivity contribution is -0.155. The zero-order chi connectivity index (χ0) is 15.5. The van der Waals surface area contributed by atoms with E-state index in [1.807, 2.05) is 4.90 Å². The van der Waals surface area contributed by atoms with E-state index in [0.29, 0.717) is 13.0 Å². The van der Waals surface area contributed by atoms with E-state index in [2.05, 4.69) is 5.16 Å². The zero-order valence-electron chi connectivity index (χ0n) is 11.8. The first kappa shape index (κ1) is 14.2. The van der Waals surface area contributed by atoms with Gasteiger partial charge in [-0.1, -0.05) is 5.16 Å². The number of oxime groups is 1. The van der Waals surface area contributed by atoms with E-state index < -0.39 is 19.5 Å². The van der Waals surface area contributed by atoms with Gasteiger partial charge in [-0.3, -0.25) is 4.57 Å². The Hall–Kier alpha value is -1.43. The van der Waals surface area contributed by atoms with Crippen LogP contribution < -0.4 is 0 Å². The first-order valence-electron chi connectivity index (χ1n) is 7.26. The summed E-state index contributed by atoms with van der Waals surface area (Å²) in [5.41, 5.74) is 0.943. The summed E-state index contributed by atoms with van der Waals surface area (Å²) in [5, 5.41) is 3.98. The number of amidine groups is 1. The van der Waals surface area contributed by atoms with Crippen LogP contribution in [0.25, 0.3) is 0 Å². The normalized spacial score (nSPS) is 29.5. The maximum absolute atomic E-state index is 13.5. The van der Waals surface area contributed by atoms with Crippen LogP contribution in [0.15, 0.2) is 23.4 Å². The number of fused-ring (bicyclic) bond motifs is 1. The van der Waals surface area contributed by atoms with Crippen molar-refractivity contribution in [3.05, 3.63) is 35.1 Å². The third-order valence-electron chi connectivity index (χ3n) is 4.76. The average Bonchev–Trinajstić information content (AvgIpc) is 2.93. The molecule has 0 bridgehead atoms. The maximum Gasteiger partial charge on any atom is 0.333 e. The van der Waals surface area contributed by atoms with Crippen LogP contribution in [-0.2, 0) is 21.5 Å². The van der Waals surface area contributed by atoms with Gasteiger partial charge in [-0.25, -0.2) is 4.39 Å². The van der Waals surface area contributed by atoms with E-state index in [-0.39, 0.29) is 17.6 Å². The van der Waals surface area contributed by atoms with Crippen molar-refractivity contribution in [2.24, 2.45) is 11.1 Å². The summed E-state index contributed by atoms with van der Waals surface area (Å²) in [6, 6.07) is 4.62. The summed E-state index contributed by atoms with van der Waals surface area (Å²) >= 11 is 0. The minimum absolute atomic E-state index is 0.121. The third kappa shape index (κ3) is 1.93. The third-order valence-corrected chi connectivity index (χ3v) is 5.45. The summed E-state index contributed by atoms with van der Waals surface area (Å²) < 4.78 is 24.8. The van der Waals surface area contributed by atoms with E-state index in [1.165, 1.54) is 12.1 Å². The molecule has 2 atom stereocenters. The van der Waals surface area contributed by atoms with E-state index in [9.17, 15) is 18.7 Å². The molecule has 0 saturated carbocycles. The SMILES string of the molecule is O=P(O)(O)CC1=NOC23c4ccc(F)cc4C[C@@H]2CCCN13. The highest BCUT2D eigenvalue weighted by Gasteiger charge is 2.59. The van der Waals surface area contributed by atoms with Crippen molar-refractivity contribution >= 4 is 13.4 Å². The van der Waals surface area contributed by atoms with E-state index in [1.54, 1.807) is 6.07 Å². The van der Waals surface area contributed by atoms with Crippen molar-refractivity contribution in [3.8, 4) is 0 Å². The maximum atomic E-state index is 13.5. The quantitative estimate of drug-likeness (QED) is 0.810. The van der Waals surface area contributed by atoms with Crippen LogP contribution in [0.4, 0.5) is 4.39 Å². The highest BCUT2D eigenvalue weighted by molar-refractivity contribution is 7.52. The van der Waals surface area contributed by atoms with Crippen LogP contribution in [0.5, 0.6) is 0 Å². The van der Waals surface area contributed by atoms with Crippen LogP contribution in [-0.4, -0.2) is 33.2 Å². The second kappa shape index (κ2) is 4.54. The average molecular weight is 326 g/mol. The van der Waals surface area contributed by atoms with Crippen molar-refractivity contribution in [1.29, 1.82) is 0 Å². The Balaban J connectivity index is 1.77. The van der Waals surface area contributed by atoms with Gasteiger partial charge < -0.3 is 19.5 Å². The van der Waals surface area contributed by atoms with Gasteiger partial charge in [0.2, 0.25) is 5.72 Å². The van der Waals surface area contributed by atoms with Gasteiger partial charge in [0, 0.05) is 18.0 Å². The Kier molecular flexibility index (Phi) is 2.92. The molecule has 1 unspecified atom stereocenters. The highest BCUT2D eigenvalue weighted by Crippen LogP contribution is 2.54. The second-order valence-corrected chi connectivity index (χ2v) is 7.76. The Bertz CT molecular complexity index is 719. The molecule has 1 aromatic carbocycles. The Labute approximate surface area is 126 Å². The summed E-state index contributed by atoms with van der Waals surface area (Å²) in [6.45, 7) is 0.631. The Morgan fingerprint density at radius 3 is 3.09 bits per heavy atom. The smallest absolute Gasteiger partial charge is 0.333 e. The minimum Gasteiger partial charge on any atom is -0.360 e. The minimum atomic E-state index is -4.22. The fraction of sp³-hybridized carbons (Fsp3) is 0.500. The molecule has 1 aliphatic carbocycles. The molecule has 1 saturated heterocycles. The lowest BCUT2D eigenvalue weighted by atomic mass is 9.86. The zero-order valence-corrected chi connectivity index (χ0v) is 12.7. The Morgan fingerprint density at radius 1 is 1.50 bits per heavy atom. The first-order valence-corrected chi connectivity index (χ1v) is 9.06. The molecule has 8 heteroatoms. The summed E-state index contributed by atoms with van der Waals surface area (Å²) in [5.74, 6) is 0.126. The molecule has 1 aromatic rings. The fourth-order valence-corrected chi connectivity index (χ4v) is 4.59. The first-order chi connectivity index (χ1) is 10.4. The topological polar surface area (TPSA) is 82.4 Å². The monoisotopic (exact) mass is 326 g/mol. The van der Waals surface area contributed by atoms with Crippen molar-refractivity contribution in [2.75, 3.05) is 12.7 Å². The van der Waals surface area contributed by atoms with Gasteiger partial charge in [-0.05, 0) is 43.0 Å². The number of rotatable bonds is 2. The van der Waals surface area contributed by atoms with Gasteiger partial charge in [0.1, 0.15) is 12.0 Å². The molecule has 0 amide bonds. The van der Waals surface area contributed by atoms with Gasteiger partial charge in [-0.15, -0.1) is 0 Å². The van der Waals surface area contributed by atoms with Crippen molar-refractivity contribution in [1.82, 2.24) is 4.90 Å². The largest absolute Gasteiger partial charge is 0.360 e. The molecule has 1 fully saturated rings. The van der Waals surface area contributed by atoms with Crippen LogP contribution in [0, 0.1) is 11.7 Å².